The number of rotatable bonds is 3. The molecule has 0 aliphatic carbocycles. The lowest BCUT2D eigenvalue weighted by atomic mass is 10.1. The average Bonchev–Trinajstić information content (AvgIpc) is 2.70. The van der Waals surface area contributed by atoms with Crippen molar-refractivity contribution in [3.05, 3.63) is 53.6 Å². The van der Waals surface area contributed by atoms with E-state index in [4.69, 9.17) is 5.26 Å². The number of nitriles is 1. The molecule has 134 valence electrons. The van der Waals surface area contributed by atoms with Crippen LogP contribution in [-0.4, -0.2) is 54.1 Å². The van der Waals surface area contributed by atoms with Crippen LogP contribution in [0.1, 0.15) is 11.1 Å². The number of hydrogen-bond acceptors (Lipinski definition) is 5. The molecular weight excluding hydrogens is 333 g/mol. The zero-order valence-electron chi connectivity index (χ0n) is 14.6. The molecule has 1 aromatic carbocycles. The number of anilines is 1. The predicted octanol–water partition coefficient (Wildman–Crippen LogP) is 1.38. The lowest BCUT2D eigenvalue weighted by molar-refractivity contribution is 0.369. The Hall–Kier alpha value is -3.21. The first-order chi connectivity index (χ1) is 12.7. The molecular formula is C18H20FN7. The van der Waals surface area contributed by atoms with Gasteiger partial charge in [0.25, 0.3) is 0 Å². The van der Waals surface area contributed by atoms with Crippen LogP contribution in [0.2, 0.25) is 0 Å². The second-order valence-electron chi connectivity index (χ2n) is 5.84. The first kappa shape index (κ1) is 17.6. The van der Waals surface area contributed by atoms with Crippen molar-refractivity contribution in [1.29, 1.82) is 5.26 Å². The third kappa shape index (κ3) is 4.06. The van der Waals surface area contributed by atoms with Crippen LogP contribution in [0.5, 0.6) is 0 Å². The van der Waals surface area contributed by atoms with Gasteiger partial charge in [-0.3, -0.25) is 4.99 Å². The van der Waals surface area contributed by atoms with Crippen molar-refractivity contribution in [2.45, 2.75) is 6.54 Å². The predicted molar refractivity (Wildman–Crippen MR) is 97.1 cm³/mol. The van der Waals surface area contributed by atoms with E-state index in [1.165, 1.54) is 6.07 Å². The maximum Gasteiger partial charge on any atom is 0.225 e. The smallest absolute Gasteiger partial charge is 0.225 e. The van der Waals surface area contributed by atoms with Crippen LogP contribution in [-0.2, 0) is 6.54 Å². The Balaban J connectivity index is 1.56. The van der Waals surface area contributed by atoms with Gasteiger partial charge in [-0.2, -0.15) is 5.26 Å². The van der Waals surface area contributed by atoms with E-state index < -0.39 is 5.82 Å². The highest BCUT2D eigenvalue weighted by Gasteiger charge is 2.21. The van der Waals surface area contributed by atoms with Gasteiger partial charge in [0.05, 0.1) is 11.6 Å². The van der Waals surface area contributed by atoms with Gasteiger partial charge in [-0.15, -0.1) is 0 Å². The SMILES string of the molecule is CN=C(NCc1ccc(C#N)cc1F)N1CCN(c2ncccn2)CC1. The van der Waals surface area contributed by atoms with Crippen LogP contribution in [0.4, 0.5) is 10.3 Å². The number of aliphatic imine (C=N–C) groups is 1. The molecule has 0 atom stereocenters. The number of piperazine rings is 1. The van der Waals surface area contributed by atoms with E-state index in [0.717, 1.165) is 38.1 Å². The fourth-order valence-electron chi connectivity index (χ4n) is 2.84. The number of halogens is 1. The zero-order chi connectivity index (χ0) is 18.4. The van der Waals surface area contributed by atoms with Gasteiger partial charge in [-0.25, -0.2) is 14.4 Å². The Morgan fingerprint density at radius 2 is 2.00 bits per heavy atom. The number of guanidine groups is 1. The number of aromatic nitrogens is 2. The maximum absolute atomic E-state index is 14.0. The molecule has 0 saturated carbocycles. The van der Waals surface area contributed by atoms with Crippen molar-refractivity contribution in [3.63, 3.8) is 0 Å². The van der Waals surface area contributed by atoms with E-state index in [1.807, 2.05) is 6.07 Å². The van der Waals surface area contributed by atoms with Crippen LogP contribution >= 0.6 is 0 Å². The van der Waals surface area contributed by atoms with Gasteiger partial charge >= 0.3 is 0 Å². The first-order valence-electron chi connectivity index (χ1n) is 8.37. The normalized spacial score (nSPS) is 14.9. The second-order valence-corrected chi connectivity index (χ2v) is 5.84. The summed E-state index contributed by atoms with van der Waals surface area (Å²) in [6.45, 7) is 3.43. The molecule has 1 saturated heterocycles. The van der Waals surface area contributed by atoms with Crippen LogP contribution in [0.25, 0.3) is 0 Å². The zero-order valence-corrected chi connectivity index (χ0v) is 14.6. The fourth-order valence-corrected chi connectivity index (χ4v) is 2.84. The molecule has 26 heavy (non-hydrogen) atoms. The molecule has 2 aromatic rings. The number of nitrogens with zero attached hydrogens (tertiary/aromatic N) is 6. The van der Waals surface area contributed by atoms with Gasteiger partial charge < -0.3 is 15.1 Å². The summed E-state index contributed by atoms with van der Waals surface area (Å²) in [5, 5.41) is 12.0. The lowest BCUT2D eigenvalue weighted by Crippen LogP contribution is -2.52. The summed E-state index contributed by atoms with van der Waals surface area (Å²) in [5.74, 6) is 1.06. The molecule has 0 amide bonds. The highest BCUT2D eigenvalue weighted by Crippen LogP contribution is 2.12. The molecule has 1 aromatic heterocycles. The van der Waals surface area contributed by atoms with Crippen molar-refractivity contribution in [2.75, 3.05) is 38.1 Å². The molecule has 1 fully saturated rings. The average molecular weight is 353 g/mol. The van der Waals surface area contributed by atoms with E-state index in [-0.39, 0.29) is 0 Å². The quantitative estimate of drug-likeness (QED) is 0.663. The minimum Gasteiger partial charge on any atom is -0.352 e. The van der Waals surface area contributed by atoms with E-state index in [0.29, 0.717) is 17.7 Å². The molecule has 1 aliphatic heterocycles. The molecule has 3 rings (SSSR count). The van der Waals surface area contributed by atoms with Crippen molar-refractivity contribution >= 4 is 11.9 Å². The van der Waals surface area contributed by atoms with Gasteiger partial charge in [-0.05, 0) is 18.2 Å². The summed E-state index contributed by atoms with van der Waals surface area (Å²) >= 11 is 0. The fraction of sp³-hybridized carbons (Fsp3) is 0.333. The summed E-state index contributed by atoms with van der Waals surface area (Å²) in [7, 11) is 1.71. The van der Waals surface area contributed by atoms with Crippen molar-refractivity contribution in [1.82, 2.24) is 20.2 Å². The topological polar surface area (TPSA) is 80.4 Å². The highest BCUT2D eigenvalue weighted by molar-refractivity contribution is 5.80. The Labute approximate surface area is 151 Å². The van der Waals surface area contributed by atoms with Crippen molar-refractivity contribution < 1.29 is 4.39 Å². The van der Waals surface area contributed by atoms with E-state index in [1.54, 1.807) is 37.6 Å². The third-order valence-electron chi connectivity index (χ3n) is 4.25. The minimum atomic E-state index is -0.391. The van der Waals surface area contributed by atoms with Gasteiger partial charge in [-0.1, -0.05) is 6.07 Å². The number of nitrogens with one attached hydrogen (secondary N) is 1. The van der Waals surface area contributed by atoms with Crippen LogP contribution in [0, 0.1) is 17.1 Å². The summed E-state index contributed by atoms with van der Waals surface area (Å²) in [5.41, 5.74) is 0.816. The van der Waals surface area contributed by atoms with E-state index in [2.05, 4.69) is 30.1 Å². The molecule has 0 unspecified atom stereocenters. The summed E-state index contributed by atoms with van der Waals surface area (Å²) in [6, 6.07) is 8.22. The minimum absolute atomic E-state index is 0.312. The Bertz CT molecular complexity index is 808. The summed E-state index contributed by atoms with van der Waals surface area (Å²) in [4.78, 5) is 17.1. The van der Waals surface area contributed by atoms with Crippen LogP contribution in [0.3, 0.4) is 0 Å². The molecule has 1 aliphatic rings. The van der Waals surface area contributed by atoms with E-state index in [9.17, 15) is 4.39 Å². The Morgan fingerprint density at radius 1 is 1.27 bits per heavy atom. The van der Waals surface area contributed by atoms with Gasteiger partial charge in [0, 0.05) is 57.7 Å². The van der Waals surface area contributed by atoms with Crippen LogP contribution < -0.4 is 10.2 Å². The van der Waals surface area contributed by atoms with Crippen molar-refractivity contribution in [3.8, 4) is 6.07 Å². The first-order valence-corrected chi connectivity index (χ1v) is 8.37. The second kappa shape index (κ2) is 8.25. The largest absolute Gasteiger partial charge is 0.352 e. The van der Waals surface area contributed by atoms with E-state index >= 15 is 0 Å². The molecule has 2 heterocycles. The Morgan fingerprint density at radius 3 is 2.62 bits per heavy atom. The third-order valence-corrected chi connectivity index (χ3v) is 4.25. The van der Waals surface area contributed by atoms with Gasteiger partial charge in [0.2, 0.25) is 5.95 Å². The molecule has 8 heteroatoms. The standard InChI is InChI=1S/C18H20FN7/c1-21-17(24-13-15-4-3-14(12-20)11-16(15)19)25-7-9-26(10-8-25)18-22-5-2-6-23-18/h2-6,11H,7-10,13H2,1H3,(H,21,24). The van der Waals surface area contributed by atoms with Gasteiger partial charge in [0.15, 0.2) is 5.96 Å². The molecule has 0 bridgehead atoms. The Kier molecular flexibility index (Phi) is 5.59. The van der Waals surface area contributed by atoms with Crippen LogP contribution in [0.15, 0.2) is 41.7 Å². The summed E-state index contributed by atoms with van der Waals surface area (Å²) in [6.07, 6.45) is 3.47. The molecule has 0 radical (unpaired) electrons. The molecule has 1 N–H and O–H groups in total. The summed E-state index contributed by atoms with van der Waals surface area (Å²) < 4.78 is 14.0. The highest BCUT2D eigenvalue weighted by atomic mass is 19.1. The van der Waals surface area contributed by atoms with Crippen molar-refractivity contribution in [2.24, 2.45) is 4.99 Å². The lowest BCUT2D eigenvalue weighted by Gasteiger charge is -2.36. The monoisotopic (exact) mass is 353 g/mol. The number of benzene rings is 1. The molecule has 7 nitrogen and oxygen atoms in total. The molecule has 0 spiro atoms. The van der Waals surface area contributed by atoms with Gasteiger partial charge in [0.1, 0.15) is 5.82 Å². The maximum atomic E-state index is 14.0. The number of hydrogen-bond donors (Lipinski definition) is 1.